The van der Waals surface area contributed by atoms with Gasteiger partial charge in [-0.05, 0) is 37.1 Å². The van der Waals surface area contributed by atoms with Crippen molar-refractivity contribution in [2.24, 2.45) is 0 Å². The van der Waals surface area contributed by atoms with Crippen molar-refractivity contribution in [3.05, 3.63) is 60.2 Å². The van der Waals surface area contributed by atoms with Crippen molar-refractivity contribution >= 4 is 27.2 Å². The summed E-state index contributed by atoms with van der Waals surface area (Å²) >= 11 is 0. The largest absolute Gasteiger partial charge is 0.414 e. The van der Waals surface area contributed by atoms with Crippen LogP contribution >= 0.6 is 0 Å². The first-order chi connectivity index (χ1) is 15.6. The van der Waals surface area contributed by atoms with Crippen molar-refractivity contribution in [3.8, 4) is 0 Å². The Hall–Kier alpha value is -3.15. The minimum atomic E-state index is -4.75. The predicted octanol–water partition coefficient (Wildman–Crippen LogP) is 2.78. The first kappa shape index (κ1) is 23.0. The monoisotopic (exact) mass is 481 g/mol. The topological polar surface area (TPSA) is 96.7 Å². The van der Waals surface area contributed by atoms with E-state index in [0.717, 1.165) is 0 Å². The fourth-order valence-electron chi connectivity index (χ4n) is 3.97. The maximum absolute atomic E-state index is 13.7. The second-order valence-electron chi connectivity index (χ2n) is 7.93. The lowest BCUT2D eigenvalue weighted by Crippen LogP contribution is -2.40. The summed E-state index contributed by atoms with van der Waals surface area (Å²) in [5.41, 5.74) is -0.136. The molecule has 176 valence electrons. The number of imidazole rings is 1. The molecule has 1 saturated heterocycles. The standard InChI is InChI=1S/C21H22F3N5O3S/c1-33(31,32)14-8-12-28(13-9-14)20-26-17(16-7-3-5-11-29(16)20)19(30)27-18(21(22,23)24)15-6-2-4-10-25-15/h2-7,10-11,14,18H,8-9,12-13H2,1H3,(H,27,30). The first-order valence-electron chi connectivity index (χ1n) is 10.2. The van der Waals surface area contributed by atoms with Gasteiger partial charge in [-0.25, -0.2) is 13.4 Å². The molecule has 4 rings (SSSR count). The Labute approximate surface area is 188 Å². The minimum absolute atomic E-state index is 0.152. The third-order valence-corrected chi connectivity index (χ3v) is 7.34. The molecule has 0 aromatic carbocycles. The van der Waals surface area contributed by atoms with Crippen LogP contribution in [-0.4, -0.2) is 59.5 Å². The zero-order valence-corrected chi connectivity index (χ0v) is 18.5. The van der Waals surface area contributed by atoms with Gasteiger partial charge in [0.1, 0.15) is 9.84 Å². The van der Waals surface area contributed by atoms with Crippen LogP contribution in [0.4, 0.5) is 19.1 Å². The van der Waals surface area contributed by atoms with E-state index in [2.05, 4.69) is 9.97 Å². The first-order valence-corrected chi connectivity index (χ1v) is 12.2. The van der Waals surface area contributed by atoms with E-state index >= 15 is 0 Å². The predicted molar refractivity (Wildman–Crippen MR) is 116 cm³/mol. The lowest BCUT2D eigenvalue weighted by Gasteiger charge is -2.31. The summed E-state index contributed by atoms with van der Waals surface area (Å²) in [4.78, 5) is 22.9. The van der Waals surface area contributed by atoms with Gasteiger partial charge >= 0.3 is 6.18 Å². The number of fused-ring (bicyclic) bond motifs is 1. The minimum Gasteiger partial charge on any atom is -0.342 e. The molecule has 1 unspecified atom stereocenters. The third kappa shape index (κ3) is 4.80. The summed E-state index contributed by atoms with van der Waals surface area (Å²) in [5, 5.41) is 1.57. The van der Waals surface area contributed by atoms with Crippen LogP contribution in [0.1, 0.15) is 35.1 Å². The van der Waals surface area contributed by atoms with Crippen LogP contribution in [0.5, 0.6) is 0 Å². The van der Waals surface area contributed by atoms with E-state index in [-0.39, 0.29) is 11.4 Å². The van der Waals surface area contributed by atoms with Crippen molar-refractivity contribution in [2.75, 3.05) is 24.2 Å². The summed E-state index contributed by atoms with van der Waals surface area (Å²) < 4.78 is 66.4. The Bertz CT molecular complexity index is 1250. The Morgan fingerprint density at radius 2 is 1.85 bits per heavy atom. The molecule has 1 atom stereocenters. The number of pyridine rings is 2. The number of sulfone groups is 1. The molecule has 1 aliphatic rings. The smallest absolute Gasteiger partial charge is 0.342 e. The maximum Gasteiger partial charge on any atom is 0.414 e. The molecule has 0 bridgehead atoms. The van der Waals surface area contributed by atoms with Crippen LogP contribution in [0.2, 0.25) is 0 Å². The van der Waals surface area contributed by atoms with E-state index in [0.29, 0.717) is 37.4 Å². The van der Waals surface area contributed by atoms with Crippen molar-refractivity contribution < 1.29 is 26.4 Å². The zero-order chi connectivity index (χ0) is 23.8. The van der Waals surface area contributed by atoms with Crippen molar-refractivity contribution in [3.63, 3.8) is 0 Å². The number of amides is 1. The van der Waals surface area contributed by atoms with Gasteiger partial charge in [0.05, 0.1) is 16.5 Å². The Morgan fingerprint density at radius 3 is 2.45 bits per heavy atom. The maximum atomic E-state index is 13.7. The Kier molecular flexibility index (Phi) is 6.04. The molecule has 33 heavy (non-hydrogen) atoms. The van der Waals surface area contributed by atoms with Gasteiger partial charge in [0.15, 0.2) is 11.7 Å². The Balaban J connectivity index is 1.64. The number of alkyl halides is 3. The highest BCUT2D eigenvalue weighted by Gasteiger charge is 2.43. The molecular weight excluding hydrogens is 459 g/mol. The van der Waals surface area contributed by atoms with Crippen LogP contribution < -0.4 is 10.2 Å². The highest BCUT2D eigenvalue weighted by molar-refractivity contribution is 7.91. The lowest BCUT2D eigenvalue weighted by molar-refractivity contribution is -0.156. The third-order valence-electron chi connectivity index (χ3n) is 5.66. The van der Waals surface area contributed by atoms with E-state index in [9.17, 15) is 26.4 Å². The van der Waals surface area contributed by atoms with E-state index in [1.165, 1.54) is 30.7 Å². The van der Waals surface area contributed by atoms with Crippen LogP contribution in [-0.2, 0) is 9.84 Å². The number of aromatic nitrogens is 3. The molecule has 8 nitrogen and oxygen atoms in total. The van der Waals surface area contributed by atoms with Gasteiger partial charge in [-0.3, -0.25) is 14.2 Å². The quantitative estimate of drug-likeness (QED) is 0.602. The number of carbonyl (C=O) groups is 1. The van der Waals surface area contributed by atoms with Gasteiger partial charge in [0.2, 0.25) is 5.95 Å². The van der Waals surface area contributed by atoms with Crippen molar-refractivity contribution in [1.29, 1.82) is 0 Å². The van der Waals surface area contributed by atoms with E-state index in [4.69, 9.17) is 0 Å². The number of carbonyl (C=O) groups excluding carboxylic acids is 1. The molecule has 1 N–H and O–H groups in total. The molecule has 0 spiro atoms. The summed E-state index contributed by atoms with van der Waals surface area (Å²) in [7, 11) is -3.17. The normalized spacial score (nSPS) is 16.7. The van der Waals surface area contributed by atoms with Crippen LogP contribution in [0.25, 0.3) is 5.52 Å². The molecule has 1 amide bonds. The molecule has 4 heterocycles. The SMILES string of the molecule is CS(=O)(=O)C1CCN(c2nc(C(=O)NC(c3ccccn3)C(F)(F)F)c3ccccn23)CC1. The van der Waals surface area contributed by atoms with Gasteiger partial charge in [0.25, 0.3) is 5.91 Å². The number of hydrogen-bond acceptors (Lipinski definition) is 6. The second kappa shape index (κ2) is 8.65. The summed E-state index contributed by atoms with van der Waals surface area (Å²) in [5.74, 6) is -0.604. The Morgan fingerprint density at radius 1 is 1.15 bits per heavy atom. The average Bonchev–Trinajstić information content (AvgIpc) is 3.16. The highest BCUT2D eigenvalue weighted by Crippen LogP contribution is 2.32. The number of rotatable bonds is 5. The molecule has 3 aromatic heterocycles. The van der Waals surface area contributed by atoms with Crippen LogP contribution in [0, 0.1) is 0 Å². The van der Waals surface area contributed by atoms with E-state index in [1.54, 1.807) is 28.8 Å². The van der Waals surface area contributed by atoms with Gasteiger partial charge in [0, 0.05) is 31.7 Å². The fraction of sp³-hybridized carbons (Fsp3) is 0.381. The number of halogens is 3. The van der Waals surface area contributed by atoms with Crippen molar-refractivity contribution in [2.45, 2.75) is 30.3 Å². The molecule has 0 radical (unpaired) electrons. The summed E-state index contributed by atoms with van der Waals surface area (Å²) in [6.45, 7) is 0.790. The molecule has 1 fully saturated rings. The average molecular weight is 482 g/mol. The lowest BCUT2D eigenvalue weighted by atomic mass is 10.1. The van der Waals surface area contributed by atoms with Crippen molar-refractivity contribution in [1.82, 2.24) is 19.7 Å². The number of anilines is 1. The van der Waals surface area contributed by atoms with Gasteiger partial charge in [-0.2, -0.15) is 13.2 Å². The van der Waals surface area contributed by atoms with Gasteiger partial charge in [-0.15, -0.1) is 0 Å². The highest BCUT2D eigenvalue weighted by atomic mass is 32.2. The van der Waals surface area contributed by atoms with Gasteiger partial charge in [-0.1, -0.05) is 12.1 Å². The summed E-state index contributed by atoms with van der Waals surface area (Å²) in [6.07, 6.45) is 0.146. The number of piperidine rings is 1. The number of nitrogens with zero attached hydrogens (tertiary/aromatic N) is 4. The number of hydrogen-bond donors (Lipinski definition) is 1. The van der Waals surface area contributed by atoms with E-state index < -0.39 is 33.2 Å². The number of nitrogens with one attached hydrogen (secondary N) is 1. The molecule has 3 aromatic rings. The molecule has 0 saturated carbocycles. The van der Waals surface area contributed by atoms with Gasteiger partial charge < -0.3 is 10.2 Å². The molecule has 1 aliphatic heterocycles. The van der Waals surface area contributed by atoms with Crippen LogP contribution in [0.3, 0.4) is 0 Å². The molecule has 12 heteroatoms. The second-order valence-corrected chi connectivity index (χ2v) is 10.3. The zero-order valence-electron chi connectivity index (χ0n) is 17.7. The molecule has 0 aliphatic carbocycles. The van der Waals surface area contributed by atoms with E-state index in [1.807, 2.05) is 10.2 Å². The summed E-state index contributed by atoms with van der Waals surface area (Å²) in [6, 6.07) is 6.78. The fourth-order valence-corrected chi connectivity index (χ4v) is 5.03. The molecular formula is C21H22F3N5O3S. The van der Waals surface area contributed by atoms with Crippen LogP contribution in [0.15, 0.2) is 48.8 Å².